The first kappa shape index (κ1) is 22.4. The van der Waals surface area contributed by atoms with E-state index in [0.29, 0.717) is 43.4 Å². The number of benzene rings is 2. The zero-order valence-electron chi connectivity index (χ0n) is 17.8. The Labute approximate surface area is 188 Å². The van der Waals surface area contributed by atoms with Crippen LogP contribution >= 0.6 is 0 Å². The monoisotopic (exact) mass is 457 g/mol. The molecule has 0 unspecified atom stereocenters. The third-order valence-corrected chi connectivity index (χ3v) is 5.37. The third kappa shape index (κ3) is 5.16. The number of piperazine rings is 1. The molecule has 1 saturated heterocycles. The van der Waals surface area contributed by atoms with E-state index >= 15 is 0 Å². The number of ether oxygens (including phenoxy) is 1. The molecule has 0 saturated carbocycles. The molecule has 1 aromatic heterocycles. The Balaban J connectivity index is 1.35. The van der Waals surface area contributed by atoms with Crippen molar-refractivity contribution in [3.63, 3.8) is 0 Å². The van der Waals surface area contributed by atoms with Gasteiger partial charge in [-0.1, -0.05) is 18.2 Å². The van der Waals surface area contributed by atoms with Crippen molar-refractivity contribution in [3.05, 3.63) is 66.2 Å². The predicted molar refractivity (Wildman–Crippen MR) is 118 cm³/mol. The fraction of sp³-hybridized carbons (Fsp3) is 0.261. The first-order valence-electron chi connectivity index (χ1n) is 10.3. The Morgan fingerprint density at radius 1 is 0.970 bits per heavy atom. The molecule has 1 fully saturated rings. The van der Waals surface area contributed by atoms with Crippen LogP contribution < -0.4 is 15.0 Å². The number of amides is 2. The number of hydrogen-bond donors (Lipinski definition) is 1. The fourth-order valence-electron chi connectivity index (χ4n) is 3.61. The summed E-state index contributed by atoms with van der Waals surface area (Å²) in [5.41, 5.74) is 0.834. The summed E-state index contributed by atoms with van der Waals surface area (Å²) in [4.78, 5) is 16.1. The van der Waals surface area contributed by atoms with Crippen LogP contribution in [0.5, 0.6) is 5.75 Å². The van der Waals surface area contributed by atoms with Gasteiger partial charge in [-0.3, -0.25) is 0 Å². The summed E-state index contributed by atoms with van der Waals surface area (Å²) < 4.78 is 44.0. The number of methoxy groups -OCH3 is 1. The summed E-state index contributed by atoms with van der Waals surface area (Å²) in [7, 11) is 1.60. The number of anilines is 2. The van der Waals surface area contributed by atoms with E-state index in [1.165, 1.54) is 12.1 Å². The summed E-state index contributed by atoms with van der Waals surface area (Å²) in [5, 5.41) is 11.2. The maximum atomic E-state index is 12.9. The number of urea groups is 1. The zero-order valence-corrected chi connectivity index (χ0v) is 17.8. The minimum Gasteiger partial charge on any atom is -0.496 e. The van der Waals surface area contributed by atoms with Crippen LogP contribution in [-0.2, 0) is 6.18 Å². The van der Waals surface area contributed by atoms with Gasteiger partial charge in [-0.25, -0.2) is 4.79 Å². The average Bonchev–Trinajstić information content (AvgIpc) is 2.84. The summed E-state index contributed by atoms with van der Waals surface area (Å²) in [5.74, 6) is 1.39. The predicted octanol–water partition coefficient (Wildman–Crippen LogP) is 4.53. The zero-order chi connectivity index (χ0) is 23.4. The largest absolute Gasteiger partial charge is 0.496 e. The number of carbonyl (C=O) groups is 1. The molecule has 10 heteroatoms. The number of nitrogens with zero attached hydrogens (tertiary/aromatic N) is 4. The Kier molecular flexibility index (Phi) is 6.34. The molecule has 0 radical (unpaired) electrons. The van der Waals surface area contributed by atoms with Gasteiger partial charge in [0.05, 0.1) is 18.4 Å². The number of hydrogen-bond acceptors (Lipinski definition) is 5. The molecule has 1 N–H and O–H groups in total. The molecule has 0 bridgehead atoms. The Bertz CT molecular complexity index is 1110. The van der Waals surface area contributed by atoms with Crippen LogP contribution in [-0.4, -0.2) is 54.4 Å². The van der Waals surface area contributed by atoms with Gasteiger partial charge in [-0.15, -0.1) is 10.2 Å². The molecular weight excluding hydrogens is 435 g/mol. The molecule has 172 valence electrons. The van der Waals surface area contributed by atoms with E-state index in [0.717, 1.165) is 17.7 Å². The molecular formula is C23H22F3N5O2. The molecule has 4 rings (SSSR count). The third-order valence-electron chi connectivity index (χ3n) is 5.37. The summed E-state index contributed by atoms with van der Waals surface area (Å²) in [6.45, 7) is 1.86. The van der Waals surface area contributed by atoms with Crippen LogP contribution in [0, 0.1) is 0 Å². The van der Waals surface area contributed by atoms with Gasteiger partial charge in [0.2, 0.25) is 0 Å². The van der Waals surface area contributed by atoms with Crippen LogP contribution in [0.2, 0.25) is 0 Å². The van der Waals surface area contributed by atoms with Crippen molar-refractivity contribution in [1.29, 1.82) is 0 Å². The maximum absolute atomic E-state index is 12.9. The summed E-state index contributed by atoms with van der Waals surface area (Å²) >= 11 is 0. The van der Waals surface area contributed by atoms with E-state index in [1.807, 2.05) is 41.3 Å². The van der Waals surface area contributed by atoms with Gasteiger partial charge in [-0.2, -0.15) is 13.2 Å². The second-order valence-corrected chi connectivity index (χ2v) is 7.46. The molecule has 7 nitrogen and oxygen atoms in total. The first-order valence-corrected chi connectivity index (χ1v) is 10.3. The molecule has 2 aromatic carbocycles. The number of halogens is 3. The SMILES string of the molecule is COc1ccccc1-c1ccc(N2CCN(C(=O)Nc3cccc(C(F)(F)F)c3)CC2)nn1. The number of aromatic nitrogens is 2. The van der Waals surface area contributed by atoms with Crippen LogP contribution in [0.25, 0.3) is 11.3 Å². The number of alkyl halides is 3. The van der Waals surface area contributed by atoms with Gasteiger partial charge in [0, 0.05) is 37.4 Å². The van der Waals surface area contributed by atoms with Crippen LogP contribution in [0.4, 0.5) is 29.5 Å². The van der Waals surface area contributed by atoms with Crippen molar-refractivity contribution in [3.8, 4) is 17.0 Å². The number of carbonyl (C=O) groups excluding carboxylic acids is 1. The van der Waals surface area contributed by atoms with E-state index in [4.69, 9.17) is 4.74 Å². The lowest BCUT2D eigenvalue weighted by Gasteiger charge is -2.35. The van der Waals surface area contributed by atoms with Crippen molar-refractivity contribution in [2.75, 3.05) is 43.5 Å². The van der Waals surface area contributed by atoms with Gasteiger partial charge >= 0.3 is 12.2 Å². The Hall–Kier alpha value is -3.82. The lowest BCUT2D eigenvalue weighted by Crippen LogP contribution is -2.50. The topological polar surface area (TPSA) is 70.6 Å². The Morgan fingerprint density at radius 2 is 1.73 bits per heavy atom. The van der Waals surface area contributed by atoms with Crippen molar-refractivity contribution < 1.29 is 22.7 Å². The Morgan fingerprint density at radius 3 is 2.39 bits per heavy atom. The second-order valence-electron chi connectivity index (χ2n) is 7.46. The lowest BCUT2D eigenvalue weighted by atomic mass is 10.1. The minimum absolute atomic E-state index is 0.107. The second kappa shape index (κ2) is 9.35. The number of para-hydroxylation sites is 1. The molecule has 2 heterocycles. The maximum Gasteiger partial charge on any atom is 0.416 e. The highest BCUT2D eigenvalue weighted by Gasteiger charge is 2.30. The molecule has 2 amide bonds. The van der Waals surface area contributed by atoms with Gasteiger partial charge < -0.3 is 19.9 Å². The summed E-state index contributed by atoms with van der Waals surface area (Å²) in [6, 6.07) is 15.4. The molecule has 33 heavy (non-hydrogen) atoms. The quantitative estimate of drug-likeness (QED) is 0.624. The lowest BCUT2D eigenvalue weighted by molar-refractivity contribution is -0.137. The van der Waals surface area contributed by atoms with Crippen molar-refractivity contribution in [2.45, 2.75) is 6.18 Å². The van der Waals surface area contributed by atoms with Crippen LogP contribution in [0.3, 0.4) is 0 Å². The molecule has 0 atom stereocenters. The van der Waals surface area contributed by atoms with E-state index in [-0.39, 0.29) is 5.69 Å². The van der Waals surface area contributed by atoms with E-state index in [9.17, 15) is 18.0 Å². The highest BCUT2D eigenvalue weighted by atomic mass is 19.4. The normalized spacial score (nSPS) is 14.2. The van der Waals surface area contributed by atoms with Crippen molar-refractivity contribution in [2.24, 2.45) is 0 Å². The highest BCUT2D eigenvalue weighted by molar-refractivity contribution is 5.89. The van der Waals surface area contributed by atoms with Gasteiger partial charge in [0.25, 0.3) is 0 Å². The van der Waals surface area contributed by atoms with Crippen molar-refractivity contribution in [1.82, 2.24) is 15.1 Å². The first-order chi connectivity index (χ1) is 15.8. The smallest absolute Gasteiger partial charge is 0.416 e. The highest BCUT2D eigenvalue weighted by Crippen LogP contribution is 2.31. The minimum atomic E-state index is -4.46. The fourth-order valence-corrected chi connectivity index (χ4v) is 3.61. The summed E-state index contributed by atoms with van der Waals surface area (Å²) in [6.07, 6.45) is -4.46. The van der Waals surface area contributed by atoms with E-state index < -0.39 is 17.8 Å². The van der Waals surface area contributed by atoms with Gasteiger partial charge in [-0.05, 0) is 42.5 Å². The standard InChI is InChI=1S/C23H22F3N5O2/c1-33-20-8-3-2-7-18(20)19-9-10-21(29-28-19)30-11-13-31(14-12-30)22(32)27-17-6-4-5-16(15-17)23(24,25)26/h2-10,15H,11-14H2,1H3,(H,27,32). The molecule has 0 aliphatic carbocycles. The van der Waals surface area contributed by atoms with Gasteiger partial charge in [0.1, 0.15) is 5.75 Å². The van der Waals surface area contributed by atoms with Crippen molar-refractivity contribution >= 4 is 17.5 Å². The van der Waals surface area contributed by atoms with E-state index in [1.54, 1.807) is 12.0 Å². The molecule has 3 aromatic rings. The van der Waals surface area contributed by atoms with Crippen LogP contribution in [0.15, 0.2) is 60.7 Å². The molecule has 1 aliphatic heterocycles. The number of rotatable bonds is 4. The average molecular weight is 457 g/mol. The van der Waals surface area contributed by atoms with Crippen LogP contribution in [0.1, 0.15) is 5.56 Å². The molecule has 0 spiro atoms. The number of nitrogens with one attached hydrogen (secondary N) is 1. The van der Waals surface area contributed by atoms with E-state index in [2.05, 4.69) is 15.5 Å². The molecule has 1 aliphatic rings. The van der Waals surface area contributed by atoms with Gasteiger partial charge in [0.15, 0.2) is 5.82 Å².